The average molecular weight is 467 g/mol. The second kappa shape index (κ2) is 10.4. The third-order valence-electron chi connectivity index (χ3n) is 5.76. The Bertz CT molecular complexity index is 1360. The van der Waals surface area contributed by atoms with Gasteiger partial charge in [-0.2, -0.15) is 0 Å². The number of fused-ring (bicyclic) bond motifs is 1. The quantitative estimate of drug-likeness (QED) is 0.284. The lowest BCUT2D eigenvalue weighted by atomic mass is 10.1. The first-order valence-electron chi connectivity index (χ1n) is 11.4. The number of para-hydroxylation sites is 1. The molecule has 5 aromatic rings. The number of oxazole rings is 1. The molecule has 7 nitrogen and oxygen atoms in total. The minimum Gasteiger partial charge on any atom is -0.497 e. The van der Waals surface area contributed by atoms with Gasteiger partial charge in [-0.1, -0.05) is 24.3 Å². The summed E-state index contributed by atoms with van der Waals surface area (Å²) in [6.07, 6.45) is 3.64. The third-order valence-corrected chi connectivity index (χ3v) is 5.76. The van der Waals surface area contributed by atoms with Crippen LogP contribution in [0.15, 0.2) is 89.6 Å². The van der Waals surface area contributed by atoms with E-state index in [1.54, 1.807) is 14.2 Å². The van der Waals surface area contributed by atoms with Crippen LogP contribution in [0.25, 0.3) is 22.6 Å². The Labute approximate surface area is 204 Å². The van der Waals surface area contributed by atoms with E-state index in [1.807, 2.05) is 79.1 Å². The highest BCUT2D eigenvalue weighted by Crippen LogP contribution is 2.35. The minimum absolute atomic E-state index is 0.490. The molecule has 0 radical (unpaired) electrons. The molecule has 0 aliphatic heterocycles. The van der Waals surface area contributed by atoms with Gasteiger partial charge in [-0.05, 0) is 54.1 Å². The van der Waals surface area contributed by atoms with Crippen molar-refractivity contribution in [2.24, 2.45) is 0 Å². The van der Waals surface area contributed by atoms with Gasteiger partial charge in [-0.25, -0.2) is 4.98 Å². The first kappa shape index (κ1) is 22.6. The molecule has 5 rings (SSSR count). The Morgan fingerprint density at radius 2 is 1.51 bits per heavy atom. The van der Waals surface area contributed by atoms with E-state index >= 15 is 0 Å². The molecule has 0 saturated carbocycles. The summed E-state index contributed by atoms with van der Waals surface area (Å²) in [5.74, 6) is 1.87. The normalized spacial score (nSPS) is 11.2. The van der Waals surface area contributed by atoms with Gasteiger partial charge in [0.15, 0.2) is 5.58 Å². The van der Waals surface area contributed by atoms with E-state index in [0.29, 0.717) is 37.0 Å². The molecule has 0 aliphatic carbocycles. The van der Waals surface area contributed by atoms with Crippen LogP contribution in [0, 0.1) is 0 Å². The number of nitrogens with zero attached hydrogens (tertiary/aromatic N) is 4. The number of aromatic nitrogens is 3. The summed E-state index contributed by atoms with van der Waals surface area (Å²) in [7, 11) is 3.26. The Kier molecular flexibility index (Phi) is 6.68. The number of hydrogen-bond acceptors (Lipinski definition) is 7. The van der Waals surface area contributed by atoms with E-state index in [-0.39, 0.29) is 0 Å². The van der Waals surface area contributed by atoms with E-state index < -0.39 is 0 Å². The van der Waals surface area contributed by atoms with Crippen molar-refractivity contribution in [1.29, 1.82) is 0 Å². The summed E-state index contributed by atoms with van der Waals surface area (Å²) in [5, 5.41) is 0. The molecule has 2 aromatic carbocycles. The highest BCUT2D eigenvalue weighted by Gasteiger charge is 2.18. The fourth-order valence-electron chi connectivity index (χ4n) is 4.08. The highest BCUT2D eigenvalue weighted by atomic mass is 16.5. The summed E-state index contributed by atoms with van der Waals surface area (Å²) < 4.78 is 17.1. The van der Waals surface area contributed by atoms with Crippen molar-refractivity contribution in [2.75, 3.05) is 14.2 Å². The zero-order chi connectivity index (χ0) is 24.0. The van der Waals surface area contributed by atoms with Gasteiger partial charge in [0.05, 0.1) is 31.2 Å². The topological polar surface area (TPSA) is 73.5 Å². The van der Waals surface area contributed by atoms with Gasteiger partial charge in [-0.3, -0.25) is 14.9 Å². The maximum absolute atomic E-state index is 6.17. The van der Waals surface area contributed by atoms with E-state index in [4.69, 9.17) is 18.9 Å². The van der Waals surface area contributed by atoms with Crippen molar-refractivity contribution in [3.05, 3.63) is 102 Å². The average Bonchev–Trinajstić information content (AvgIpc) is 3.35. The van der Waals surface area contributed by atoms with Crippen LogP contribution in [-0.2, 0) is 19.6 Å². The third kappa shape index (κ3) is 5.15. The number of benzene rings is 2. The number of rotatable bonds is 9. The van der Waals surface area contributed by atoms with E-state index in [9.17, 15) is 0 Å². The minimum atomic E-state index is 0.490. The summed E-state index contributed by atoms with van der Waals surface area (Å²) in [6, 6.07) is 23.5. The smallest absolute Gasteiger partial charge is 0.231 e. The fourth-order valence-corrected chi connectivity index (χ4v) is 4.08. The molecule has 0 bridgehead atoms. The molecule has 0 aliphatic rings. The van der Waals surface area contributed by atoms with E-state index in [2.05, 4.69) is 20.9 Å². The Morgan fingerprint density at radius 3 is 2.14 bits per heavy atom. The van der Waals surface area contributed by atoms with E-state index in [1.165, 1.54) is 0 Å². The van der Waals surface area contributed by atoms with Gasteiger partial charge in [0.1, 0.15) is 17.0 Å². The van der Waals surface area contributed by atoms with Gasteiger partial charge >= 0.3 is 0 Å². The fraction of sp³-hybridized carbons (Fsp3) is 0.179. The molecule has 3 heterocycles. The monoisotopic (exact) mass is 466 g/mol. The van der Waals surface area contributed by atoms with Gasteiger partial charge < -0.3 is 13.9 Å². The Balaban J connectivity index is 1.50. The molecular formula is C28H26N4O3. The maximum atomic E-state index is 6.17. The zero-order valence-corrected chi connectivity index (χ0v) is 19.7. The van der Waals surface area contributed by atoms with Crippen molar-refractivity contribution < 1.29 is 13.9 Å². The predicted molar refractivity (Wildman–Crippen MR) is 134 cm³/mol. The summed E-state index contributed by atoms with van der Waals surface area (Å²) in [4.78, 5) is 16.2. The highest BCUT2D eigenvalue weighted by molar-refractivity contribution is 5.80. The lowest BCUT2D eigenvalue weighted by molar-refractivity contribution is 0.242. The molecular weight excluding hydrogens is 440 g/mol. The first-order valence-corrected chi connectivity index (χ1v) is 11.4. The number of hydrogen-bond donors (Lipinski definition) is 0. The van der Waals surface area contributed by atoms with Crippen LogP contribution < -0.4 is 9.47 Å². The van der Waals surface area contributed by atoms with Crippen LogP contribution >= 0.6 is 0 Å². The van der Waals surface area contributed by atoms with E-state index in [0.717, 1.165) is 33.6 Å². The van der Waals surface area contributed by atoms with Crippen molar-refractivity contribution in [3.8, 4) is 23.0 Å². The lowest BCUT2D eigenvalue weighted by Crippen LogP contribution is -2.23. The summed E-state index contributed by atoms with van der Waals surface area (Å²) >= 11 is 0. The molecule has 35 heavy (non-hydrogen) atoms. The summed E-state index contributed by atoms with van der Waals surface area (Å²) in [6.45, 7) is 2.02. The molecule has 7 heteroatoms. The van der Waals surface area contributed by atoms with Gasteiger partial charge in [0.25, 0.3) is 0 Å². The molecule has 176 valence electrons. The van der Waals surface area contributed by atoms with Crippen LogP contribution in [0.2, 0.25) is 0 Å². The van der Waals surface area contributed by atoms with Crippen LogP contribution in [-0.4, -0.2) is 34.1 Å². The largest absolute Gasteiger partial charge is 0.497 e. The molecule has 0 N–H and O–H groups in total. The number of methoxy groups -OCH3 is 2. The van der Waals surface area contributed by atoms with Crippen LogP contribution in [0.3, 0.4) is 0 Å². The lowest BCUT2D eigenvalue weighted by Gasteiger charge is -2.22. The molecule has 0 spiro atoms. The van der Waals surface area contributed by atoms with Crippen molar-refractivity contribution in [3.63, 3.8) is 0 Å². The van der Waals surface area contributed by atoms with Gasteiger partial charge in [0.2, 0.25) is 5.89 Å². The van der Waals surface area contributed by atoms with Crippen LogP contribution in [0.5, 0.6) is 11.5 Å². The number of ether oxygens (including phenoxy) is 2. The second-order valence-corrected chi connectivity index (χ2v) is 8.14. The second-order valence-electron chi connectivity index (χ2n) is 8.14. The predicted octanol–water partition coefficient (Wildman–Crippen LogP) is 5.50. The van der Waals surface area contributed by atoms with Crippen molar-refractivity contribution in [2.45, 2.75) is 19.6 Å². The molecule has 0 atom stereocenters. The van der Waals surface area contributed by atoms with Crippen molar-refractivity contribution in [1.82, 2.24) is 19.9 Å². The molecule has 0 unspecified atom stereocenters. The van der Waals surface area contributed by atoms with Crippen LogP contribution in [0.4, 0.5) is 0 Å². The first-order chi connectivity index (χ1) is 17.2. The SMILES string of the molecule is COc1ccc(OC)c(-c2nc3c(CN(Cc4ccccn4)Cc4ccccn4)cccc3o2)c1. The maximum Gasteiger partial charge on any atom is 0.231 e. The molecule has 3 aromatic heterocycles. The van der Waals surface area contributed by atoms with Crippen molar-refractivity contribution >= 4 is 11.1 Å². The number of pyridine rings is 2. The van der Waals surface area contributed by atoms with Gasteiger partial charge in [0, 0.05) is 32.0 Å². The molecule has 0 fully saturated rings. The molecule has 0 amide bonds. The molecule has 0 saturated heterocycles. The van der Waals surface area contributed by atoms with Gasteiger partial charge in [-0.15, -0.1) is 0 Å². The summed E-state index contributed by atoms with van der Waals surface area (Å²) in [5.41, 5.74) is 5.34. The zero-order valence-electron chi connectivity index (χ0n) is 19.7. The van der Waals surface area contributed by atoms with Crippen LogP contribution in [0.1, 0.15) is 17.0 Å². The Morgan fingerprint density at radius 1 is 0.771 bits per heavy atom. The Hall–Kier alpha value is -4.23. The standard InChI is InChI=1S/C28H26N4O3/c1-33-23-12-13-25(34-2)24(16-23)28-31-27-20(8-7-11-26(27)35-28)17-32(18-21-9-3-5-14-29-21)19-22-10-4-6-15-30-22/h3-16H,17-19H2,1-2H3.